The number of nitrogens with zero attached hydrogens (tertiary/aromatic N) is 1. The molecule has 1 aliphatic heterocycles. The van der Waals surface area contributed by atoms with Gasteiger partial charge >= 0.3 is 0 Å². The molecular weight excluding hydrogens is 322 g/mol. The van der Waals surface area contributed by atoms with E-state index in [0.29, 0.717) is 11.9 Å². The summed E-state index contributed by atoms with van der Waals surface area (Å²) in [6, 6.07) is 8.89. The fourth-order valence-corrected chi connectivity index (χ4v) is 4.41. The first-order valence-electron chi connectivity index (χ1n) is 6.90. The first kappa shape index (κ1) is 13.5. The van der Waals surface area contributed by atoms with Gasteiger partial charge in [0.25, 0.3) is 0 Å². The van der Waals surface area contributed by atoms with E-state index < -0.39 is 0 Å². The van der Waals surface area contributed by atoms with Crippen molar-refractivity contribution in [3.63, 3.8) is 0 Å². The topological polar surface area (TPSA) is 20.3 Å². The number of fused-ring (bicyclic) bond motifs is 1. The predicted octanol–water partition coefficient (Wildman–Crippen LogP) is 3.48. The number of hydrogen-bond acceptors (Lipinski definition) is 2. The number of thioether (sulfide) groups is 1. The van der Waals surface area contributed by atoms with Gasteiger partial charge in [0.2, 0.25) is 5.91 Å². The minimum atomic E-state index is 0.0945. The van der Waals surface area contributed by atoms with Gasteiger partial charge in [-0.05, 0) is 37.3 Å². The summed E-state index contributed by atoms with van der Waals surface area (Å²) < 4.78 is 0. The Balaban J connectivity index is 1.70. The highest BCUT2D eigenvalue weighted by Gasteiger charge is 2.35. The number of carbonyl (C=O) groups is 1. The normalized spacial score (nSPS) is 21.8. The Hall–Kier alpha value is -0.480. The van der Waals surface area contributed by atoms with Crippen molar-refractivity contribution in [3.05, 3.63) is 29.8 Å². The minimum absolute atomic E-state index is 0.0945. The van der Waals surface area contributed by atoms with Gasteiger partial charge in [0.05, 0.1) is 5.25 Å². The van der Waals surface area contributed by atoms with Crippen LogP contribution in [0.4, 0.5) is 0 Å². The zero-order chi connectivity index (χ0) is 13.2. The molecule has 2 aliphatic rings. The van der Waals surface area contributed by atoms with Gasteiger partial charge in [-0.2, -0.15) is 0 Å². The summed E-state index contributed by atoms with van der Waals surface area (Å²) >= 11 is 5.22. The van der Waals surface area contributed by atoms with Crippen molar-refractivity contribution in [1.29, 1.82) is 0 Å². The monoisotopic (exact) mass is 339 g/mol. The first-order valence-corrected chi connectivity index (χ1v) is 8.90. The number of benzene rings is 1. The highest BCUT2D eigenvalue weighted by Crippen LogP contribution is 2.38. The molecule has 3 rings (SSSR count). The number of halogens is 1. The fraction of sp³-hybridized carbons (Fsp3) is 0.533. The van der Waals surface area contributed by atoms with Crippen LogP contribution in [0.1, 0.15) is 24.8 Å². The molecule has 0 spiro atoms. The van der Waals surface area contributed by atoms with Crippen LogP contribution in [0, 0.1) is 0 Å². The van der Waals surface area contributed by atoms with E-state index in [4.69, 9.17) is 0 Å². The van der Waals surface area contributed by atoms with Crippen LogP contribution < -0.4 is 0 Å². The Morgan fingerprint density at radius 2 is 2.16 bits per heavy atom. The van der Waals surface area contributed by atoms with Crippen LogP contribution >= 0.6 is 27.7 Å². The van der Waals surface area contributed by atoms with Crippen molar-refractivity contribution in [2.75, 3.05) is 11.9 Å². The van der Waals surface area contributed by atoms with Gasteiger partial charge in [-0.1, -0.05) is 34.1 Å². The Morgan fingerprint density at radius 3 is 2.79 bits per heavy atom. The molecule has 1 heterocycles. The van der Waals surface area contributed by atoms with Crippen molar-refractivity contribution in [1.82, 2.24) is 4.90 Å². The lowest BCUT2D eigenvalue weighted by Gasteiger charge is -2.38. The van der Waals surface area contributed by atoms with Crippen LogP contribution in [0.15, 0.2) is 29.2 Å². The molecule has 4 heteroatoms. The van der Waals surface area contributed by atoms with Crippen molar-refractivity contribution in [2.45, 2.75) is 41.9 Å². The van der Waals surface area contributed by atoms with E-state index in [0.717, 1.165) is 18.3 Å². The quantitative estimate of drug-likeness (QED) is 0.782. The van der Waals surface area contributed by atoms with Gasteiger partial charge in [-0.3, -0.25) is 4.79 Å². The second kappa shape index (κ2) is 5.88. The molecule has 1 amide bonds. The van der Waals surface area contributed by atoms with Crippen LogP contribution in [-0.4, -0.2) is 34.0 Å². The van der Waals surface area contributed by atoms with Crippen LogP contribution in [0.2, 0.25) is 0 Å². The third kappa shape index (κ3) is 2.70. The van der Waals surface area contributed by atoms with E-state index in [2.05, 4.69) is 45.1 Å². The van der Waals surface area contributed by atoms with Gasteiger partial charge in [0.1, 0.15) is 0 Å². The third-order valence-corrected chi connectivity index (χ3v) is 5.71. The van der Waals surface area contributed by atoms with Gasteiger partial charge in [0.15, 0.2) is 0 Å². The number of rotatable bonds is 4. The molecule has 0 saturated heterocycles. The van der Waals surface area contributed by atoms with Gasteiger partial charge < -0.3 is 4.90 Å². The molecule has 1 aliphatic carbocycles. The van der Waals surface area contributed by atoms with E-state index in [1.807, 2.05) is 0 Å². The van der Waals surface area contributed by atoms with E-state index >= 15 is 0 Å². The lowest BCUT2D eigenvalue weighted by molar-refractivity contribution is -0.134. The molecule has 0 aromatic heterocycles. The molecule has 0 N–H and O–H groups in total. The molecule has 1 fully saturated rings. The SMILES string of the molecule is O=C(C1Cc2ccccc2S1)N(CCBr)C1CCC1. The van der Waals surface area contributed by atoms with E-state index in [-0.39, 0.29) is 5.25 Å². The van der Waals surface area contributed by atoms with Crippen LogP contribution in [0.5, 0.6) is 0 Å². The molecule has 0 bridgehead atoms. The molecule has 0 radical (unpaired) electrons. The molecule has 1 aromatic rings. The lowest BCUT2D eigenvalue weighted by atomic mass is 9.91. The Labute approximate surface area is 127 Å². The zero-order valence-corrected chi connectivity index (χ0v) is 13.3. The Bertz CT molecular complexity index is 450. The fourth-order valence-electron chi connectivity index (χ4n) is 2.77. The number of alkyl halides is 1. The molecule has 19 heavy (non-hydrogen) atoms. The second-order valence-electron chi connectivity index (χ2n) is 5.22. The van der Waals surface area contributed by atoms with E-state index in [9.17, 15) is 4.79 Å². The standard InChI is InChI=1S/C15H18BrNOS/c16-8-9-17(12-5-3-6-12)15(18)14-10-11-4-1-2-7-13(11)19-14/h1-2,4,7,12,14H,3,5-6,8-10H2. The zero-order valence-electron chi connectivity index (χ0n) is 10.8. The average molecular weight is 340 g/mol. The maximum atomic E-state index is 12.7. The first-order chi connectivity index (χ1) is 9.29. The van der Waals surface area contributed by atoms with E-state index in [1.54, 1.807) is 11.8 Å². The van der Waals surface area contributed by atoms with Gasteiger partial charge in [-0.15, -0.1) is 11.8 Å². The smallest absolute Gasteiger partial charge is 0.236 e. The number of carbonyl (C=O) groups excluding carboxylic acids is 1. The van der Waals surface area contributed by atoms with Crippen molar-refractivity contribution in [2.24, 2.45) is 0 Å². The molecule has 1 unspecified atom stereocenters. The average Bonchev–Trinajstić information content (AvgIpc) is 2.79. The Morgan fingerprint density at radius 1 is 1.37 bits per heavy atom. The van der Waals surface area contributed by atoms with Crippen LogP contribution in [-0.2, 0) is 11.2 Å². The van der Waals surface area contributed by atoms with Crippen LogP contribution in [0.25, 0.3) is 0 Å². The van der Waals surface area contributed by atoms with Crippen molar-refractivity contribution in [3.8, 4) is 0 Å². The molecule has 1 atom stereocenters. The molecule has 1 saturated carbocycles. The second-order valence-corrected chi connectivity index (χ2v) is 7.26. The highest BCUT2D eigenvalue weighted by atomic mass is 79.9. The van der Waals surface area contributed by atoms with Crippen LogP contribution in [0.3, 0.4) is 0 Å². The maximum Gasteiger partial charge on any atom is 0.236 e. The summed E-state index contributed by atoms with van der Waals surface area (Å²) in [5.41, 5.74) is 1.33. The van der Waals surface area contributed by atoms with Gasteiger partial charge in [0, 0.05) is 22.8 Å². The van der Waals surface area contributed by atoms with Crippen molar-refractivity contribution >= 4 is 33.6 Å². The Kier molecular flexibility index (Phi) is 4.18. The lowest BCUT2D eigenvalue weighted by Crippen LogP contribution is -2.48. The third-order valence-electron chi connectivity index (χ3n) is 4.05. The minimum Gasteiger partial charge on any atom is -0.338 e. The number of amides is 1. The summed E-state index contributed by atoms with van der Waals surface area (Å²) in [5.74, 6) is 0.338. The molecule has 102 valence electrons. The molecule has 2 nitrogen and oxygen atoms in total. The molecule has 1 aromatic carbocycles. The summed E-state index contributed by atoms with van der Waals surface area (Å²) in [7, 11) is 0. The summed E-state index contributed by atoms with van der Waals surface area (Å²) in [6.07, 6.45) is 4.53. The molecular formula is C15H18BrNOS. The number of hydrogen-bond donors (Lipinski definition) is 0. The summed E-state index contributed by atoms with van der Waals surface area (Å²) in [5, 5.41) is 0.969. The van der Waals surface area contributed by atoms with E-state index in [1.165, 1.54) is 29.7 Å². The predicted molar refractivity (Wildman–Crippen MR) is 82.9 cm³/mol. The van der Waals surface area contributed by atoms with Gasteiger partial charge in [-0.25, -0.2) is 0 Å². The maximum absolute atomic E-state index is 12.7. The van der Waals surface area contributed by atoms with Crippen molar-refractivity contribution < 1.29 is 4.79 Å². The largest absolute Gasteiger partial charge is 0.338 e. The highest BCUT2D eigenvalue weighted by molar-refractivity contribution is 9.09. The summed E-state index contributed by atoms with van der Waals surface area (Å²) in [4.78, 5) is 16.1. The summed E-state index contributed by atoms with van der Waals surface area (Å²) in [6.45, 7) is 0.844.